The Hall–Kier alpha value is -2.44. The number of rotatable bonds is 6. The molecular formula is C23H30N2O4. The summed E-state index contributed by atoms with van der Waals surface area (Å²) in [6.07, 6.45) is 2.97. The van der Waals surface area contributed by atoms with Crippen LogP contribution in [-0.4, -0.2) is 31.0 Å². The number of phenols is 1. The van der Waals surface area contributed by atoms with Gasteiger partial charge in [0.15, 0.2) is 11.5 Å². The molecule has 0 bridgehead atoms. The molecule has 0 saturated carbocycles. The van der Waals surface area contributed by atoms with Crippen LogP contribution in [0.15, 0.2) is 36.4 Å². The number of hydrogen-bond donors (Lipinski definition) is 3. The molecule has 29 heavy (non-hydrogen) atoms. The van der Waals surface area contributed by atoms with Crippen molar-refractivity contribution in [1.82, 2.24) is 10.9 Å². The Morgan fingerprint density at radius 2 is 1.90 bits per heavy atom. The van der Waals surface area contributed by atoms with Gasteiger partial charge < -0.3 is 19.3 Å². The Balaban J connectivity index is 1.59. The summed E-state index contributed by atoms with van der Waals surface area (Å²) < 4.78 is 17.4. The molecule has 2 aromatic rings. The molecule has 0 aliphatic carbocycles. The average Bonchev–Trinajstić information content (AvgIpc) is 2.94. The van der Waals surface area contributed by atoms with Crippen LogP contribution >= 0.6 is 0 Å². The van der Waals surface area contributed by atoms with Gasteiger partial charge in [0, 0.05) is 30.0 Å². The minimum atomic E-state index is -0.0700. The summed E-state index contributed by atoms with van der Waals surface area (Å²) >= 11 is 0. The molecule has 3 unspecified atom stereocenters. The molecule has 1 fully saturated rings. The lowest BCUT2D eigenvalue weighted by atomic mass is 9.84. The van der Waals surface area contributed by atoms with E-state index in [2.05, 4.69) is 36.8 Å². The van der Waals surface area contributed by atoms with E-state index in [1.54, 1.807) is 6.07 Å². The number of nitrogens with one attached hydrogen (secondary N) is 2. The van der Waals surface area contributed by atoms with Gasteiger partial charge in [-0.25, -0.2) is 5.43 Å². The average molecular weight is 399 g/mol. The lowest BCUT2D eigenvalue weighted by Crippen LogP contribution is -2.29. The van der Waals surface area contributed by atoms with Crippen molar-refractivity contribution in [1.29, 1.82) is 0 Å². The van der Waals surface area contributed by atoms with E-state index >= 15 is 0 Å². The summed E-state index contributed by atoms with van der Waals surface area (Å²) in [7, 11) is 0. The zero-order valence-electron chi connectivity index (χ0n) is 17.1. The molecule has 2 aliphatic heterocycles. The van der Waals surface area contributed by atoms with Gasteiger partial charge in [-0.15, -0.1) is 0 Å². The molecule has 0 radical (unpaired) electrons. The second-order valence-electron chi connectivity index (χ2n) is 7.76. The first kappa shape index (κ1) is 19.9. The predicted molar refractivity (Wildman–Crippen MR) is 112 cm³/mol. The summed E-state index contributed by atoms with van der Waals surface area (Å²) in [6, 6.07) is 11.9. The first-order valence-corrected chi connectivity index (χ1v) is 10.5. The highest BCUT2D eigenvalue weighted by molar-refractivity contribution is 5.48. The fourth-order valence-electron chi connectivity index (χ4n) is 4.04. The van der Waals surface area contributed by atoms with Crippen LogP contribution in [0.1, 0.15) is 56.2 Å². The van der Waals surface area contributed by atoms with Crippen molar-refractivity contribution in [3.63, 3.8) is 0 Å². The van der Waals surface area contributed by atoms with Gasteiger partial charge in [0.05, 0.1) is 25.9 Å². The molecule has 2 aromatic carbocycles. The van der Waals surface area contributed by atoms with Gasteiger partial charge in [-0.1, -0.05) is 25.5 Å². The van der Waals surface area contributed by atoms with Crippen LogP contribution in [0.4, 0.5) is 0 Å². The number of benzene rings is 2. The fraction of sp³-hybridized carbons (Fsp3) is 0.478. The highest BCUT2D eigenvalue weighted by Gasteiger charge is 2.37. The summed E-state index contributed by atoms with van der Waals surface area (Å²) in [5.74, 6) is 2.66. The molecule has 2 heterocycles. The van der Waals surface area contributed by atoms with Crippen molar-refractivity contribution < 1.29 is 19.3 Å². The zero-order chi connectivity index (χ0) is 20.2. The van der Waals surface area contributed by atoms with Crippen LogP contribution in [-0.2, 0) is 0 Å². The number of hydrazine groups is 1. The van der Waals surface area contributed by atoms with Gasteiger partial charge in [0.2, 0.25) is 0 Å². The lowest BCUT2D eigenvalue weighted by Gasteiger charge is -2.23. The molecule has 156 valence electrons. The largest absolute Gasteiger partial charge is 0.507 e. The highest BCUT2D eigenvalue weighted by Crippen LogP contribution is 2.43. The molecule has 4 rings (SSSR count). The molecule has 3 atom stereocenters. The van der Waals surface area contributed by atoms with Gasteiger partial charge in [0.25, 0.3) is 0 Å². The van der Waals surface area contributed by atoms with E-state index in [1.807, 2.05) is 18.2 Å². The molecule has 0 spiro atoms. The van der Waals surface area contributed by atoms with E-state index < -0.39 is 0 Å². The molecule has 3 N–H and O–H groups in total. The van der Waals surface area contributed by atoms with Crippen LogP contribution in [0, 0.1) is 0 Å². The molecule has 2 aliphatic rings. The number of hydrogen-bond acceptors (Lipinski definition) is 6. The summed E-state index contributed by atoms with van der Waals surface area (Å²) in [4.78, 5) is 0. The summed E-state index contributed by atoms with van der Waals surface area (Å²) in [6.45, 7) is 6.27. The number of unbranched alkanes of at least 4 members (excludes halogenated alkanes) is 1. The van der Waals surface area contributed by atoms with Crippen molar-refractivity contribution in [3.05, 3.63) is 47.5 Å². The van der Waals surface area contributed by atoms with E-state index in [-0.39, 0.29) is 23.8 Å². The second kappa shape index (κ2) is 8.93. The maximum Gasteiger partial charge on any atom is 0.161 e. The van der Waals surface area contributed by atoms with Crippen molar-refractivity contribution in [2.75, 3.05) is 19.8 Å². The van der Waals surface area contributed by atoms with Crippen LogP contribution in [0.3, 0.4) is 0 Å². The van der Waals surface area contributed by atoms with Crippen LogP contribution in [0.25, 0.3) is 0 Å². The van der Waals surface area contributed by atoms with Crippen LogP contribution < -0.4 is 25.1 Å². The maximum absolute atomic E-state index is 10.7. The van der Waals surface area contributed by atoms with Gasteiger partial charge in [0.1, 0.15) is 11.5 Å². The summed E-state index contributed by atoms with van der Waals surface area (Å²) in [5, 5.41) is 10.7. The Morgan fingerprint density at radius 3 is 2.69 bits per heavy atom. The molecule has 0 aromatic heterocycles. The van der Waals surface area contributed by atoms with E-state index in [0.717, 1.165) is 41.9 Å². The fourth-order valence-corrected chi connectivity index (χ4v) is 4.04. The lowest BCUT2D eigenvalue weighted by molar-refractivity contribution is 0.297. The Bertz CT molecular complexity index is 842. The number of phenolic OH excluding ortho intramolecular Hbond substituents is 1. The predicted octanol–water partition coefficient (Wildman–Crippen LogP) is 4.05. The van der Waals surface area contributed by atoms with Crippen molar-refractivity contribution in [3.8, 4) is 23.0 Å². The molecule has 6 nitrogen and oxygen atoms in total. The Kier molecular flexibility index (Phi) is 6.11. The monoisotopic (exact) mass is 398 g/mol. The maximum atomic E-state index is 10.7. The van der Waals surface area contributed by atoms with E-state index in [9.17, 15) is 5.11 Å². The van der Waals surface area contributed by atoms with Crippen LogP contribution in [0.2, 0.25) is 0 Å². The topological polar surface area (TPSA) is 72.0 Å². The summed E-state index contributed by atoms with van der Waals surface area (Å²) in [5.41, 5.74) is 8.68. The van der Waals surface area contributed by atoms with Gasteiger partial charge in [-0.2, -0.15) is 0 Å². The minimum Gasteiger partial charge on any atom is -0.507 e. The standard InChI is InChI=1S/C23H30N2O4/c1-3-4-10-27-17-7-8-18(19(26)14-17)23-22(15(2)24-25-23)16-6-9-20-21(13-16)29-12-5-11-28-20/h6-9,13-15,22-26H,3-5,10-12H2,1-2H3. The molecular weight excluding hydrogens is 368 g/mol. The zero-order valence-corrected chi connectivity index (χ0v) is 17.1. The Morgan fingerprint density at radius 1 is 1.07 bits per heavy atom. The normalized spacial score (nSPS) is 23.6. The highest BCUT2D eigenvalue weighted by atomic mass is 16.5. The number of fused-ring (bicyclic) bond motifs is 1. The van der Waals surface area contributed by atoms with Crippen molar-refractivity contribution in [2.45, 2.75) is 51.1 Å². The van der Waals surface area contributed by atoms with Gasteiger partial charge in [-0.3, -0.25) is 5.43 Å². The molecule has 1 saturated heterocycles. The minimum absolute atomic E-state index is 0.0700. The van der Waals surface area contributed by atoms with Crippen molar-refractivity contribution >= 4 is 0 Å². The first-order chi connectivity index (χ1) is 14.2. The van der Waals surface area contributed by atoms with Crippen LogP contribution in [0.5, 0.6) is 23.0 Å². The SMILES string of the molecule is CCCCOc1ccc(C2NNC(C)C2c2ccc3c(c2)OCCCO3)c(O)c1. The smallest absolute Gasteiger partial charge is 0.161 e. The Labute approximate surface area is 172 Å². The van der Waals surface area contributed by atoms with Gasteiger partial charge in [-0.05, 0) is 37.1 Å². The number of ether oxygens (including phenoxy) is 3. The molecule has 6 heteroatoms. The third kappa shape index (κ3) is 4.28. The van der Waals surface area contributed by atoms with E-state index in [4.69, 9.17) is 14.2 Å². The third-order valence-corrected chi connectivity index (χ3v) is 5.62. The van der Waals surface area contributed by atoms with Crippen molar-refractivity contribution in [2.24, 2.45) is 0 Å². The quantitative estimate of drug-likeness (QED) is 0.638. The second-order valence-corrected chi connectivity index (χ2v) is 7.76. The third-order valence-electron chi connectivity index (χ3n) is 5.62. The van der Waals surface area contributed by atoms with E-state index in [0.29, 0.717) is 25.6 Å². The van der Waals surface area contributed by atoms with E-state index in [1.165, 1.54) is 0 Å². The first-order valence-electron chi connectivity index (χ1n) is 10.5. The molecule has 0 amide bonds. The number of aromatic hydroxyl groups is 1. The van der Waals surface area contributed by atoms with Gasteiger partial charge >= 0.3 is 0 Å².